The molecule has 16 heteroatoms. The smallest absolute Gasteiger partial charge is 0.329 e. The van der Waals surface area contributed by atoms with Crippen molar-refractivity contribution in [3.8, 4) is 29.1 Å². The minimum Gasteiger partial charge on any atom is -0.508 e. The number of hydrogen-bond acceptors (Lipinski definition) is 13. The molecule has 5 aliphatic heterocycles. The first kappa shape index (κ1) is 52.6. The SMILES string of the molecule is COC(=O)[C@@H](NC(=O)N1C(=O)[C@@]2(c3cc(C#CCN(C)Cc4ccccc4)ccc31)[C@H](c1ccc(O)cc1)N1[C@H](c3ccccc3)[C@H](c3ccccc3)OC(=O)[C@H]1[C@@H]2C(=O)N1CCN(Cc2ccc3c(c2)OCO3)CC1)C(C)C. The van der Waals surface area contributed by atoms with E-state index in [0.717, 1.165) is 21.6 Å². The number of hydrogen-bond donors (Lipinski definition) is 2. The van der Waals surface area contributed by atoms with E-state index in [-0.39, 0.29) is 31.3 Å². The molecular formula is C63H62N6O10. The number of imide groups is 1. The van der Waals surface area contributed by atoms with E-state index in [0.29, 0.717) is 66.5 Å². The second-order valence-corrected chi connectivity index (χ2v) is 21.2. The highest BCUT2D eigenvalue weighted by atomic mass is 16.7. The number of nitrogens with one attached hydrogen (secondary N) is 1. The number of amides is 4. The number of aromatic hydroxyl groups is 1. The van der Waals surface area contributed by atoms with Gasteiger partial charge in [-0.15, -0.1) is 0 Å². The average molecular weight is 1060 g/mol. The molecule has 7 atom stereocenters. The van der Waals surface area contributed by atoms with E-state index in [1.54, 1.807) is 49.1 Å². The Labute approximate surface area is 459 Å². The van der Waals surface area contributed by atoms with Crippen LogP contribution in [0.2, 0.25) is 0 Å². The van der Waals surface area contributed by atoms with Crippen LogP contribution in [0, 0.1) is 23.7 Å². The Hall–Kier alpha value is -8.49. The summed E-state index contributed by atoms with van der Waals surface area (Å²) in [4.78, 5) is 86.8. The number of esters is 2. The third kappa shape index (κ3) is 9.83. The van der Waals surface area contributed by atoms with Crippen molar-refractivity contribution in [2.75, 3.05) is 58.6 Å². The van der Waals surface area contributed by atoms with Crippen molar-refractivity contribution in [3.05, 3.63) is 191 Å². The minimum atomic E-state index is -2.08. The van der Waals surface area contributed by atoms with Crippen molar-refractivity contribution in [3.63, 3.8) is 0 Å². The van der Waals surface area contributed by atoms with Crippen molar-refractivity contribution in [1.29, 1.82) is 0 Å². The number of nitrogens with zero attached hydrogens (tertiary/aromatic N) is 5. The number of urea groups is 1. The highest BCUT2D eigenvalue weighted by Gasteiger charge is 2.76. The maximum Gasteiger partial charge on any atom is 0.329 e. The van der Waals surface area contributed by atoms with Gasteiger partial charge in [-0.05, 0) is 88.8 Å². The van der Waals surface area contributed by atoms with Crippen LogP contribution in [0.5, 0.6) is 17.2 Å². The number of ether oxygens (including phenoxy) is 4. The summed E-state index contributed by atoms with van der Waals surface area (Å²) in [5.74, 6) is 3.28. The second kappa shape index (κ2) is 22.1. The lowest BCUT2D eigenvalue weighted by Crippen LogP contribution is -2.59. The molecule has 5 aliphatic rings. The first-order valence-corrected chi connectivity index (χ1v) is 26.7. The highest BCUT2D eigenvalue weighted by Crippen LogP contribution is 2.66. The number of carbonyl (C=O) groups is 5. The Balaban J connectivity index is 1.10. The summed E-state index contributed by atoms with van der Waals surface area (Å²) in [7, 11) is 3.20. The third-order valence-corrected chi connectivity index (χ3v) is 15.9. The molecule has 6 aromatic rings. The molecule has 6 aromatic carbocycles. The van der Waals surface area contributed by atoms with Gasteiger partial charge in [0.1, 0.15) is 29.4 Å². The molecule has 0 aliphatic carbocycles. The molecular weight excluding hydrogens is 1000 g/mol. The molecule has 404 valence electrons. The van der Waals surface area contributed by atoms with Crippen molar-refractivity contribution in [2.24, 2.45) is 11.8 Å². The molecule has 4 amide bonds. The fourth-order valence-corrected chi connectivity index (χ4v) is 12.3. The number of phenolic OH excluding ortho intramolecular Hbond substituents is 1. The number of rotatable bonds is 12. The lowest BCUT2D eigenvalue weighted by atomic mass is 9.64. The van der Waals surface area contributed by atoms with Gasteiger partial charge in [0.25, 0.3) is 0 Å². The van der Waals surface area contributed by atoms with Gasteiger partial charge in [-0.25, -0.2) is 14.5 Å². The van der Waals surface area contributed by atoms with Gasteiger partial charge in [-0.3, -0.25) is 29.1 Å². The maximum atomic E-state index is 16.9. The van der Waals surface area contributed by atoms with Gasteiger partial charge >= 0.3 is 18.0 Å². The fraction of sp³-hybridized carbons (Fsp3) is 0.317. The Kier molecular flexibility index (Phi) is 14.7. The zero-order valence-electron chi connectivity index (χ0n) is 44.5. The maximum absolute atomic E-state index is 16.9. The summed E-state index contributed by atoms with van der Waals surface area (Å²) < 4.78 is 23.1. The molecule has 79 heavy (non-hydrogen) atoms. The molecule has 11 rings (SSSR count). The first-order chi connectivity index (χ1) is 38.3. The van der Waals surface area contributed by atoms with E-state index < -0.39 is 77.3 Å². The number of carbonyl (C=O) groups excluding carboxylic acids is 5. The van der Waals surface area contributed by atoms with Crippen LogP contribution >= 0.6 is 0 Å². The predicted octanol–water partition coefficient (Wildman–Crippen LogP) is 7.52. The van der Waals surface area contributed by atoms with Crippen molar-refractivity contribution in [1.82, 2.24) is 24.9 Å². The fourth-order valence-electron chi connectivity index (χ4n) is 12.3. The number of phenols is 1. The Bertz CT molecular complexity index is 3320. The number of morpholine rings is 1. The molecule has 5 heterocycles. The summed E-state index contributed by atoms with van der Waals surface area (Å²) in [5, 5.41) is 13.7. The van der Waals surface area contributed by atoms with Crippen LogP contribution in [0.25, 0.3) is 0 Å². The van der Waals surface area contributed by atoms with Crippen molar-refractivity contribution < 1.29 is 48.0 Å². The monoisotopic (exact) mass is 1060 g/mol. The van der Waals surface area contributed by atoms with Gasteiger partial charge in [0.2, 0.25) is 18.6 Å². The summed E-state index contributed by atoms with van der Waals surface area (Å²) in [6.45, 7) is 6.69. The van der Waals surface area contributed by atoms with E-state index in [9.17, 15) is 9.90 Å². The zero-order valence-corrected chi connectivity index (χ0v) is 44.5. The zero-order chi connectivity index (χ0) is 55.0. The second-order valence-electron chi connectivity index (χ2n) is 21.2. The molecule has 2 N–H and O–H groups in total. The van der Waals surface area contributed by atoms with E-state index in [1.165, 1.54) is 19.2 Å². The summed E-state index contributed by atoms with van der Waals surface area (Å²) in [5.41, 5.74) is 2.92. The van der Waals surface area contributed by atoms with Crippen LogP contribution in [0.3, 0.4) is 0 Å². The molecule has 16 nitrogen and oxygen atoms in total. The van der Waals surface area contributed by atoms with Crippen LogP contribution in [0.1, 0.15) is 71.0 Å². The normalized spacial score (nSPS) is 22.7. The van der Waals surface area contributed by atoms with Gasteiger partial charge in [0.15, 0.2) is 11.5 Å². The van der Waals surface area contributed by atoms with Crippen LogP contribution in [0.15, 0.2) is 152 Å². The summed E-state index contributed by atoms with van der Waals surface area (Å²) >= 11 is 0. The molecule has 3 saturated heterocycles. The largest absolute Gasteiger partial charge is 0.508 e. The highest BCUT2D eigenvalue weighted by molar-refractivity contribution is 6.25. The van der Waals surface area contributed by atoms with Gasteiger partial charge in [0, 0.05) is 44.8 Å². The third-order valence-electron chi connectivity index (χ3n) is 15.9. The lowest BCUT2D eigenvalue weighted by Gasteiger charge is -2.46. The van der Waals surface area contributed by atoms with E-state index in [2.05, 4.69) is 39.1 Å². The molecule has 0 saturated carbocycles. The van der Waals surface area contributed by atoms with E-state index in [1.807, 2.05) is 109 Å². The minimum absolute atomic E-state index is 0.0464. The lowest BCUT2D eigenvalue weighted by molar-refractivity contribution is -0.179. The molecule has 0 unspecified atom stereocenters. The van der Waals surface area contributed by atoms with Crippen LogP contribution < -0.4 is 19.7 Å². The number of fused-ring (bicyclic) bond motifs is 4. The molecule has 0 radical (unpaired) electrons. The summed E-state index contributed by atoms with van der Waals surface area (Å²) in [6.07, 6.45) is -0.940. The Morgan fingerprint density at radius 3 is 2.13 bits per heavy atom. The summed E-state index contributed by atoms with van der Waals surface area (Å²) in [6, 6.07) is 41.0. The molecule has 1 spiro atoms. The van der Waals surface area contributed by atoms with Crippen molar-refractivity contribution >= 4 is 35.5 Å². The van der Waals surface area contributed by atoms with Gasteiger partial charge in [0.05, 0.1) is 37.3 Å². The Morgan fingerprint density at radius 1 is 0.772 bits per heavy atom. The van der Waals surface area contributed by atoms with E-state index >= 15 is 19.2 Å². The van der Waals surface area contributed by atoms with E-state index in [4.69, 9.17) is 18.9 Å². The number of anilines is 1. The predicted molar refractivity (Wildman–Crippen MR) is 293 cm³/mol. The molecule has 3 fully saturated rings. The topological polar surface area (TPSA) is 171 Å². The first-order valence-electron chi connectivity index (χ1n) is 26.7. The van der Waals surface area contributed by atoms with Crippen LogP contribution in [0.4, 0.5) is 10.5 Å². The average Bonchev–Trinajstić information content (AvgIpc) is 3.74. The quantitative estimate of drug-likeness (QED) is 0.0913. The molecule has 0 bridgehead atoms. The number of methoxy groups -OCH3 is 1. The Morgan fingerprint density at radius 2 is 1.44 bits per heavy atom. The van der Waals surface area contributed by atoms with Crippen LogP contribution in [-0.4, -0.2) is 120 Å². The number of benzene rings is 6. The van der Waals surface area contributed by atoms with Gasteiger partial charge in [-0.1, -0.05) is 135 Å². The van der Waals surface area contributed by atoms with Crippen molar-refractivity contribution in [2.45, 2.75) is 62.6 Å². The van der Waals surface area contributed by atoms with Gasteiger partial charge in [-0.2, -0.15) is 0 Å². The van der Waals surface area contributed by atoms with Crippen LogP contribution in [-0.2, 0) is 47.2 Å². The molecule has 0 aromatic heterocycles. The number of cyclic esters (lactones) is 1. The number of piperazine rings is 1. The van der Waals surface area contributed by atoms with Gasteiger partial charge < -0.3 is 34.3 Å². The standard InChI is InChI=1S/C63H62N6O10/c1-40(2)53(59(72)76-4)64-62(75)68-49-28-22-41(17-14-30-65(3)37-42-15-8-5-9-16-42)35-48(49)63(61(68)74)52(58(71)67-33-31-66(32-34-67)38-43-23-29-50-51(36-43)78-39-77-50)55-60(73)79-56(45-20-12-7-13-21-45)54(44-18-10-6-11-19-44)69(55)57(63)46-24-26-47(70)27-25-46/h5-13,15-16,18-29,35-36,40,52-57,70H,30-34,37-39H2,1-4H3,(H,64,75)/t52-,53+,54-,55-,56+,57+,63-/m1/s1.